The number of aromatic nitrogens is 1. The molecule has 0 unspecified atom stereocenters. The number of hydrogen-bond donors (Lipinski definition) is 1. The maximum absolute atomic E-state index is 4.13. The third-order valence-electron chi connectivity index (χ3n) is 2.89. The smallest absolute Gasteiger partial charge is 0.0300 e. The first-order valence-electron chi connectivity index (χ1n) is 5.69. The van der Waals surface area contributed by atoms with Gasteiger partial charge in [-0.1, -0.05) is 6.07 Å². The molecule has 2 heterocycles. The molecule has 1 aliphatic rings. The van der Waals surface area contributed by atoms with E-state index in [4.69, 9.17) is 0 Å². The molecule has 0 saturated carbocycles. The molecule has 82 valence electrons. The molecule has 1 aromatic rings. The van der Waals surface area contributed by atoms with Gasteiger partial charge in [-0.25, -0.2) is 0 Å². The summed E-state index contributed by atoms with van der Waals surface area (Å²) in [4.78, 5) is 6.65. The van der Waals surface area contributed by atoms with Crippen LogP contribution in [0.5, 0.6) is 0 Å². The molecule has 3 nitrogen and oxygen atoms in total. The van der Waals surface area contributed by atoms with Crippen molar-refractivity contribution in [2.24, 2.45) is 0 Å². The SMILES string of the molecule is C[C@@H]1CN(CCc2cccnc2)CCN1. The van der Waals surface area contributed by atoms with Crippen molar-refractivity contribution in [2.75, 3.05) is 26.2 Å². The summed E-state index contributed by atoms with van der Waals surface area (Å²) in [7, 11) is 0. The molecule has 0 spiro atoms. The average Bonchev–Trinajstić information content (AvgIpc) is 2.28. The van der Waals surface area contributed by atoms with Gasteiger partial charge >= 0.3 is 0 Å². The van der Waals surface area contributed by atoms with Crippen LogP contribution in [0.1, 0.15) is 12.5 Å². The van der Waals surface area contributed by atoms with Crippen LogP contribution in [0, 0.1) is 0 Å². The number of rotatable bonds is 3. The Balaban J connectivity index is 1.78. The fourth-order valence-corrected chi connectivity index (χ4v) is 2.05. The van der Waals surface area contributed by atoms with Crippen LogP contribution >= 0.6 is 0 Å². The minimum Gasteiger partial charge on any atom is -0.312 e. The van der Waals surface area contributed by atoms with Gasteiger partial charge in [0.15, 0.2) is 0 Å². The summed E-state index contributed by atoms with van der Waals surface area (Å²) >= 11 is 0. The van der Waals surface area contributed by atoms with Crippen molar-refractivity contribution in [3.8, 4) is 0 Å². The predicted octanol–water partition coefficient (Wildman–Crippen LogP) is 0.918. The van der Waals surface area contributed by atoms with E-state index in [0.717, 1.165) is 19.5 Å². The van der Waals surface area contributed by atoms with Crippen LogP contribution in [0.25, 0.3) is 0 Å². The van der Waals surface area contributed by atoms with Crippen molar-refractivity contribution in [2.45, 2.75) is 19.4 Å². The molecule has 0 aromatic carbocycles. The van der Waals surface area contributed by atoms with Crippen molar-refractivity contribution >= 4 is 0 Å². The third kappa shape index (κ3) is 3.29. The van der Waals surface area contributed by atoms with Crippen LogP contribution in [0.15, 0.2) is 24.5 Å². The number of piperazine rings is 1. The highest BCUT2D eigenvalue weighted by Gasteiger charge is 2.14. The highest BCUT2D eigenvalue weighted by Crippen LogP contribution is 2.02. The molecule has 15 heavy (non-hydrogen) atoms. The molecule has 1 aliphatic heterocycles. The van der Waals surface area contributed by atoms with Gasteiger partial charge in [-0.05, 0) is 25.0 Å². The van der Waals surface area contributed by atoms with Crippen molar-refractivity contribution in [1.82, 2.24) is 15.2 Å². The monoisotopic (exact) mass is 205 g/mol. The fourth-order valence-electron chi connectivity index (χ4n) is 2.05. The second kappa shape index (κ2) is 5.24. The topological polar surface area (TPSA) is 28.2 Å². The summed E-state index contributed by atoms with van der Waals surface area (Å²) in [5.41, 5.74) is 1.34. The van der Waals surface area contributed by atoms with Gasteiger partial charge in [-0.3, -0.25) is 4.98 Å². The van der Waals surface area contributed by atoms with Gasteiger partial charge in [0.25, 0.3) is 0 Å². The maximum atomic E-state index is 4.13. The number of nitrogens with one attached hydrogen (secondary N) is 1. The van der Waals surface area contributed by atoms with Crippen molar-refractivity contribution in [1.29, 1.82) is 0 Å². The Hall–Kier alpha value is -0.930. The van der Waals surface area contributed by atoms with Gasteiger partial charge in [-0.15, -0.1) is 0 Å². The van der Waals surface area contributed by atoms with E-state index < -0.39 is 0 Å². The summed E-state index contributed by atoms with van der Waals surface area (Å²) in [5.74, 6) is 0. The van der Waals surface area contributed by atoms with Crippen LogP contribution in [-0.4, -0.2) is 42.1 Å². The first-order valence-corrected chi connectivity index (χ1v) is 5.69. The summed E-state index contributed by atoms with van der Waals surface area (Å²) < 4.78 is 0. The van der Waals surface area contributed by atoms with E-state index in [1.54, 1.807) is 0 Å². The summed E-state index contributed by atoms with van der Waals surface area (Å²) in [6.45, 7) is 6.85. The molecule has 0 amide bonds. The molecule has 0 radical (unpaired) electrons. The van der Waals surface area contributed by atoms with E-state index in [2.05, 4.69) is 28.2 Å². The third-order valence-corrected chi connectivity index (χ3v) is 2.89. The van der Waals surface area contributed by atoms with Crippen LogP contribution in [0.3, 0.4) is 0 Å². The van der Waals surface area contributed by atoms with E-state index in [9.17, 15) is 0 Å². The Labute approximate surface area is 91.5 Å². The zero-order chi connectivity index (χ0) is 10.5. The molecule has 1 saturated heterocycles. The zero-order valence-corrected chi connectivity index (χ0v) is 9.32. The van der Waals surface area contributed by atoms with E-state index in [0.29, 0.717) is 6.04 Å². The minimum atomic E-state index is 0.632. The molecule has 1 N–H and O–H groups in total. The van der Waals surface area contributed by atoms with Crippen LogP contribution < -0.4 is 5.32 Å². The molecule has 3 heteroatoms. The number of pyridine rings is 1. The lowest BCUT2D eigenvalue weighted by Crippen LogP contribution is -2.49. The molecule has 1 atom stereocenters. The highest BCUT2D eigenvalue weighted by atomic mass is 15.2. The van der Waals surface area contributed by atoms with E-state index in [1.807, 2.05) is 18.5 Å². The quantitative estimate of drug-likeness (QED) is 0.795. The van der Waals surface area contributed by atoms with E-state index in [-0.39, 0.29) is 0 Å². The molecule has 1 aromatic heterocycles. The Morgan fingerprint density at radius 3 is 3.27 bits per heavy atom. The first-order chi connectivity index (χ1) is 7.34. The maximum Gasteiger partial charge on any atom is 0.0300 e. The van der Waals surface area contributed by atoms with Crippen LogP contribution in [0.2, 0.25) is 0 Å². The second-order valence-corrected chi connectivity index (χ2v) is 4.27. The lowest BCUT2D eigenvalue weighted by atomic mass is 10.2. The van der Waals surface area contributed by atoms with Gasteiger partial charge in [-0.2, -0.15) is 0 Å². The normalized spacial score (nSPS) is 22.9. The lowest BCUT2D eigenvalue weighted by molar-refractivity contribution is 0.209. The largest absolute Gasteiger partial charge is 0.312 e. The summed E-state index contributed by atoms with van der Waals surface area (Å²) in [6, 6.07) is 4.79. The summed E-state index contributed by atoms with van der Waals surface area (Å²) in [5, 5.41) is 3.46. The van der Waals surface area contributed by atoms with E-state index in [1.165, 1.54) is 18.7 Å². The molecule has 1 fully saturated rings. The predicted molar refractivity (Wildman–Crippen MR) is 61.8 cm³/mol. The fraction of sp³-hybridized carbons (Fsp3) is 0.583. The van der Waals surface area contributed by atoms with Gasteiger partial charge in [0, 0.05) is 44.6 Å². The summed E-state index contributed by atoms with van der Waals surface area (Å²) in [6.07, 6.45) is 4.91. The number of hydrogen-bond acceptors (Lipinski definition) is 3. The first kappa shape index (κ1) is 10.6. The second-order valence-electron chi connectivity index (χ2n) is 4.27. The van der Waals surface area contributed by atoms with Gasteiger partial charge in [0.1, 0.15) is 0 Å². The van der Waals surface area contributed by atoms with Gasteiger partial charge < -0.3 is 10.2 Å². The Morgan fingerprint density at radius 2 is 2.53 bits per heavy atom. The zero-order valence-electron chi connectivity index (χ0n) is 9.32. The molecule has 0 bridgehead atoms. The molecule has 0 aliphatic carbocycles. The Bertz CT molecular complexity index is 286. The standard InChI is InChI=1S/C12H19N3/c1-11-10-15(8-6-14-11)7-4-12-3-2-5-13-9-12/h2-3,5,9,11,14H,4,6-8,10H2,1H3/t11-/m1/s1. The van der Waals surface area contributed by atoms with Crippen molar-refractivity contribution in [3.05, 3.63) is 30.1 Å². The number of nitrogens with zero attached hydrogens (tertiary/aromatic N) is 2. The van der Waals surface area contributed by atoms with Crippen LogP contribution in [0.4, 0.5) is 0 Å². The molecule has 2 rings (SSSR count). The van der Waals surface area contributed by atoms with Gasteiger partial charge in [0.2, 0.25) is 0 Å². The van der Waals surface area contributed by atoms with Gasteiger partial charge in [0.05, 0.1) is 0 Å². The lowest BCUT2D eigenvalue weighted by Gasteiger charge is -2.31. The molecular formula is C12H19N3. The molecular weight excluding hydrogens is 186 g/mol. The van der Waals surface area contributed by atoms with Crippen molar-refractivity contribution < 1.29 is 0 Å². The van der Waals surface area contributed by atoms with Crippen molar-refractivity contribution in [3.63, 3.8) is 0 Å². The Morgan fingerprint density at radius 1 is 1.60 bits per heavy atom. The van der Waals surface area contributed by atoms with E-state index >= 15 is 0 Å². The minimum absolute atomic E-state index is 0.632. The Kier molecular flexibility index (Phi) is 3.69. The van der Waals surface area contributed by atoms with Crippen LogP contribution in [-0.2, 0) is 6.42 Å². The average molecular weight is 205 g/mol. The highest BCUT2D eigenvalue weighted by molar-refractivity contribution is 5.08.